The van der Waals surface area contributed by atoms with Gasteiger partial charge in [0.25, 0.3) is 0 Å². The molecule has 25 heavy (non-hydrogen) atoms. The van der Waals surface area contributed by atoms with Crippen molar-refractivity contribution in [1.29, 1.82) is 0 Å². The van der Waals surface area contributed by atoms with E-state index in [-0.39, 0.29) is 6.42 Å². The molecule has 0 aromatic rings. The summed E-state index contributed by atoms with van der Waals surface area (Å²) in [6.07, 6.45) is 12.7. The molecule has 0 atom stereocenters. The maximum atomic E-state index is 10.6. The lowest BCUT2D eigenvalue weighted by Gasteiger charge is -2.21. The van der Waals surface area contributed by atoms with Crippen LogP contribution in [0.4, 0.5) is 0 Å². The van der Waals surface area contributed by atoms with Crippen molar-refractivity contribution in [2.45, 2.75) is 90.9 Å². The fourth-order valence-electron chi connectivity index (χ4n) is 2.28. The second kappa shape index (κ2) is 17.8. The van der Waals surface area contributed by atoms with Gasteiger partial charge in [0.05, 0.1) is 13.2 Å². The SMILES string of the molecule is CCCCCCCOP(=S)(OCCCCCCC)SCCCC(=O)O. The van der Waals surface area contributed by atoms with Crippen LogP contribution in [0, 0.1) is 0 Å². The Balaban J connectivity index is 4.10. The molecule has 0 spiro atoms. The smallest absolute Gasteiger partial charge is 0.303 e. The van der Waals surface area contributed by atoms with Crippen LogP contribution in [0.2, 0.25) is 0 Å². The standard InChI is InChI=1S/C18H37O4PS2/c1-3-5-7-9-11-15-21-23(24,25-17-13-14-18(19)20)22-16-12-10-8-6-4-2/h3-17H2,1-2H3,(H,19,20). The van der Waals surface area contributed by atoms with Gasteiger partial charge in [-0.05, 0) is 31.1 Å². The van der Waals surface area contributed by atoms with Crippen LogP contribution in [0.1, 0.15) is 90.9 Å². The van der Waals surface area contributed by atoms with Gasteiger partial charge >= 0.3 is 5.97 Å². The van der Waals surface area contributed by atoms with E-state index in [4.69, 9.17) is 26.0 Å². The van der Waals surface area contributed by atoms with Crippen LogP contribution < -0.4 is 0 Å². The molecule has 0 bridgehead atoms. The number of carboxylic acids is 1. The Morgan fingerprint density at radius 2 is 1.36 bits per heavy atom. The molecule has 0 aliphatic heterocycles. The van der Waals surface area contributed by atoms with E-state index in [9.17, 15) is 4.79 Å². The first-order valence-corrected chi connectivity index (χ1v) is 14.0. The summed E-state index contributed by atoms with van der Waals surface area (Å²) in [7, 11) is 0. The molecule has 0 heterocycles. The normalized spacial score (nSPS) is 11.8. The number of aliphatic carboxylic acids is 1. The Kier molecular flexibility index (Phi) is 18.1. The zero-order valence-corrected chi connectivity index (χ0v) is 18.6. The van der Waals surface area contributed by atoms with Crippen molar-refractivity contribution < 1.29 is 18.9 Å². The minimum absolute atomic E-state index is 0.177. The molecule has 0 saturated heterocycles. The molecule has 4 nitrogen and oxygen atoms in total. The summed E-state index contributed by atoms with van der Waals surface area (Å²) in [5.41, 5.74) is -2.33. The molecular formula is C18H37O4PS2. The Morgan fingerprint density at radius 3 is 1.80 bits per heavy atom. The Morgan fingerprint density at radius 1 is 0.880 bits per heavy atom. The third-order valence-corrected chi connectivity index (χ3v) is 9.27. The fourth-order valence-corrected chi connectivity index (χ4v) is 6.77. The molecule has 150 valence electrons. The van der Waals surface area contributed by atoms with Crippen molar-refractivity contribution in [3.63, 3.8) is 0 Å². The fraction of sp³-hybridized carbons (Fsp3) is 0.944. The number of hydrogen-bond donors (Lipinski definition) is 1. The highest BCUT2D eigenvalue weighted by Gasteiger charge is 2.20. The maximum Gasteiger partial charge on any atom is 0.303 e. The minimum Gasteiger partial charge on any atom is -0.481 e. The summed E-state index contributed by atoms with van der Waals surface area (Å²) in [5, 5.41) is 8.74. The summed E-state index contributed by atoms with van der Waals surface area (Å²) in [6.45, 7) is 5.72. The van der Waals surface area contributed by atoms with E-state index in [0.717, 1.165) is 12.8 Å². The van der Waals surface area contributed by atoms with Gasteiger partial charge in [0.2, 0.25) is 5.69 Å². The monoisotopic (exact) mass is 412 g/mol. The lowest BCUT2D eigenvalue weighted by atomic mass is 10.2. The van der Waals surface area contributed by atoms with Gasteiger partial charge in [-0.3, -0.25) is 4.79 Å². The van der Waals surface area contributed by atoms with Crippen LogP contribution in [0.5, 0.6) is 0 Å². The first-order chi connectivity index (χ1) is 12.0. The average Bonchev–Trinajstić information content (AvgIpc) is 2.58. The molecule has 0 fully saturated rings. The number of carbonyl (C=O) groups is 1. The summed E-state index contributed by atoms with van der Waals surface area (Å²) >= 11 is 7.19. The Labute approximate surface area is 163 Å². The van der Waals surface area contributed by atoms with Gasteiger partial charge in [0, 0.05) is 12.2 Å². The van der Waals surface area contributed by atoms with Crippen LogP contribution in [-0.2, 0) is 25.6 Å². The van der Waals surface area contributed by atoms with E-state index in [2.05, 4.69) is 13.8 Å². The molecular weight excluding hydrogens is 375 g/mol. The molecule has 0 aromatic heterocycles. The average molecular weight is 413 g/mol. The van der Waals surface area contributed by atoms with E-state index >= 15 is 0 Å². The van der Waals surface area contributed by atoms with Gasteiger partial charge in [0.1, 0.15) is 0 Å². The van der Waals surface area contributed by atoms with Crippen molar-refractivity contribution in [1.82, 2.24) is 0 Å². The molecule has 0 aromatic carbocycles. The molecule has 0 saturated carbocycles. The molecule has 0 amide bonds. The predicted molar refractivity (Wildman–Crippen MR) is 113 cm³/mol. The topological polar surface area (TPSA) is 55.8 Å². The molecule has 0 rings (SSSR count). The predicted octanol–water partition coefficient (Wildman–Crippen LogP) is 6.78. The number of hydrogen-bond acceptors (Lipinski definition) is 5. The minimum atomic E-state index is -2.33. The largest absolute Gasteiger partial charge is 0.481 e. The summed E-state index contributed by atoms with van der Waals surface area (Å²) in [4.78, 5) is 10.6. The van der Waals surface area contributed by atoms with E-state index < -0.39 is 11.7 Å². The Hall–Kier alpha value is 0.390. The highest BCUT2D eigenvalue weighted by molar-refractivity contribution is 8.67. The molecule has 7 heteroatoms. The van der Waals surface area contributed by atoms with E-state index in [1.54, 1.807) is 0 Å². The van der Waals surface area contributed by atoms with Gasteiger partial charge in [-0.1, -0.05) is 76.6 Å². The molecule has 0 aliphatic rings. The van der Waals surface area contributed by atoms with E-state index in [1.807, 2.05) is 0 Å². The van der Waals surface area contributed by atoms with E-state index in [0.29, 0.717) is 25.4 Å². The van der Waals surface area contributed by atoms with Crippen molar-refractivity contribution in [3.05, 3.63) is 0 Å². The van der Waals surface area contributed by atoms with Gasteiger partial charge in [0.15, 0.2) is 0 Å². The molecule has 0 unspecified atom stereocenters. The second-order valence-electron chi connectivity index (χ2n) is 6.27. The van der Waals surface area contributed by atoms with Crippen LogP contribution in [0.3, 0.4) is 0 Å². The van der Waals surface area contributed by atoms with Crippen LogP contribution >= 0.6 is 17.1 Å². The number of carboxylic acid groups (broad SMARTS) is 1. The highest BCUT2D eigenvalue weighted by atomic mass is 32.9. The quantitative estimate of drug-likeness (QED) is 0.186. The third kappa shape index (κ3) is 17.6. The lowest BCUT2D eigenvalue weighted by Crippen LogP contribution is -1.99. The second-order valence-corrected chi connectivity index (χ2v) is 12.7. The van der Waals surface area contributed by atoms with Gasteiger partial charge in [-0.25, -0.2) is 0 Å². The van der Waals surface area contributed by atoms with Gasteiger partial charge in [-0.2, -0.15) is 0 Å². The Bertz CT molecular complexity index is 347. The number of unbranched alkanes of at least 4 members (excludes halogenated alkanes) is 8. The zero-order valence-electron chi connectivity index (χ0n) is 16.0. The van der Waals surface area contributed by atoms with Crippen molar-refractivity contribution >= 4 is 34.9 Å². The van der Waals surface area contributed by atoms with E-state index in [1.165, 1.54) is 62.7 Å². The lowest BCUT2D eigenvalue weighted by molar-refractivity contribution is -0.137. The number of rotatable bonds is 19. The van der Waals surface area contributed by atoms with Gasteiger partial charge in [-0.15, -0.1) is 0 Å². The van der Waals surface area contributed by atoms with Crippen molar-refractivity contribution in [2.24, 2.45) is 0 Å². The first-order valence-electron chi connectivity index (χ1n) is 9.79. The summed E-state index contributed by atoms with van der Waals surface area (Å²) in [6, 6.07) is 0. The summed E-state index contributed by atoms with van der Waals surface area (Å²) < 4.78 is 11.9. The van der Waals surface area contributed by atoms with Crippen molar-refractivity contribution in [2.75, 3.05) is 19.0 Å². The van der Waals surface area contributed by atoms with Crippen LogP contribution in [-0.4, -0.2) is 30.0 Å². The highest BCUT2D eigenvalue weighted by Crippen LogP contribution is 2.61. The van der Waals surface area contributed by atoms with Crippen molar-refractivity contribution in [3.8, 4) is 0 Å². The summed E-state index contributed by atoms with van der Waals surface area (Å²) in [5.74, 6) is -0.0718. The first kappa shape index (κ1) is 25.4. The van der Waals surface area contributed by atoms with Crippen LogP contribution in [0.25, 0.3) is 0 Å². The zero-order chi connectivity index (χ0) is 18.8. The molecule has 0 radical (unpaired) electrons. The van der Waals surface area contributed by atoms with Crippen LogP contribution in [0.15, 0.2) is 0 Å². The molecule has 0 aliphatic carbocycles. The third-order valence-electron chi connectivity index (χ3n) is 3.78. The molecule has 1 N–H and O–H groups in total. The maximum absolute atomic E-state index is 10.6. The van der Waals surface area contributed by atoms with Gasteiger partial charge < -0.3 is 14.2 Å².